The van der Waals surface area contributed by atoms with Crippen LogP contribution in [0, 0.1) is 0 Å². The number of benzene rings is 2. The summed E-state index contributed by atoms with van der Waals surface area (Å²) in [5, 5.41) is 2.95. The Bertz CT molecular complexity index is 860. The fraction of sp³-hybridized carbons (Fsp3) is 0.409. The zero-order chi connectivity index (χ0) is 20.3. The number of rotatable bonds is 5. The van der Waals surface area contributed by atoms with E-state index < -0.39 is 0 Å². The molecule has 0 saturated carbocycles. The molecular formula is C22H26BrNO4. The van der Waals surface area contributed by atoms with Crippen LogP contribution in [0.4, 0.5) is 0 Å². The van der Waals surface area contributed by atoms with E-state index in [1.807, 2.05) is 43.3 Å². The minimum atomic E-state index is -0.186. The number of amides is 1. The molecule has 1 aliphatic rings. The van der Waals surface area contributed by atoms with Crippen LogP contribution >= 0.6 is 15.9 Å². The SMILES string of the molecule is C[C@@H](NC(=O)COc1ccc(C(C)(C)C)cc1Br)c1ccc2c(c1)OCCO2. The van der Waals surface area contributed by atoms with Crippen molar-refractivity contribution in [1.29, 1.82) is 0 Å². The van der Waals surface area contributed by atoms with Gasteiger partial charge in [-0.2, -0.15) is 0 Å². The van der Waals surface area contributed by atoms with Gasteiger partial charge >= 0.3 is 0 Å². The van der Waals surface area contributed by atoms with Gasteiger partial charge in [0.05, 0.1) is 10.5 Å². The van der Waals surface area contributed by atoms with E-state index in [0.717, 1.165) is 15.8 Å². The molecule has 0 spiro atoms. The molecule has 2 aromatic carbocycles. The van der Waals surface area contributed by atoms with Crippen LogP contribution in [-0.4, -0.2) is 25.7 Å². The second kappa shape index (κ2) is 8.43. The number of carbonyl (C=O) groups excluding carboxylic acids is 1. The van der Waals surface area contributed by atoms with Crippen molar-refractivity contribution >= 4 is 21.8 Å². The summed E-state index contributed by atoms with van der Waals surface area (Å²) in [6, 6.07) is 11.5. The molecule has 0 aromatic heterocycles. The smallest absolute Gasteiger partial charge is 0.258 e. The monoisotopic (exact) mass is 447 g/mol. The van der Waals surface area contributed by atoms with Gasteiger partial charge in [-0.1, -0.05) is 32.9 Å². The van der Waals surface area contributed by atoms with Gasteiger partial charge in [0.25, 0.3) is 5.91 Å². The fourth-order valence-electron chi connectivity index (χ4n) is 2.92. The molecule has 1 aliphatic heterocycles. The van der Waals surface area contributed by atoms with Crippen LogP contribution in [0.3, 0.4) is 0 Å². The second-order valence-electron chi connectivity index (χ2n) is 7.88. The third-order valence-corrected chi connectivity index (χ3v) is 5.22. The van der Waals surface area contributed by atoms with Crippen molar-refractivity contribution in [3.05, 3.63) is 52.0 Å². The number of ether oxygens (including phenoxy) is 3. The molecule has 1 N–H and O–H groups in total. The summed E-state index contributed by atoms with van der Waals surface area (Å²) in [5.41, 5.74) is 2.20. The maximum absolute atomic E-state index is 12.3. The standard InChI is InChI=1S/C22H26BrNO4/c1-14(15-5-7-19-20(11-15)27-10-9-26-19)24-21(25)13-28-18-8-6-16(12-17(18)23)22(2,3)4/h5-8,11-12,14H,9-10,13H2,1-4H3,(H,24,25)/t14-/m1/s1. The highest BCUT2D eigenvalue weighted by Gasteiger charge is 2.18. The molecule has 1 amide bonds. The number of hydrogen-bond acceptors (Lipinski definition) is 4. The van der Waals surface area contributed by atoms with Crippen LogP contribution in [0.15, 0.2) is 40.9 Å². The minimum absolute atomic E-state index is 0.0531. The summed E-state index contributed by atoms with van der Waals surface area (Å²) >= 11 is 3.53. The van der Waals surface area contributed by atoms with E-state index in [0.29, 0.717) is 24.7 Å². The van der Waals surface area contributed by atoms with Gasteiger partial charge in [-0.25, -0.2) is 0 Å². The molecule has 150 valence electrons. The molecule has 0 fully saturated rings. The number of fused-ring (bicyclic) bond motifs is 1. The molecule has 0 unspecified atom stereocenters. The van der Waals surface area contributed by atoms with Gasteiger partial charge in [0.1, 0.15) is 19.0 Å². The van der Waals surface area contributed by atoms with Crippen LogP contribution in [-0.2, 0) is 10.2 Å². The van der Waals surface area contributed by atoms with Gasteiger partial charge in [0.15, 0.2) is 18.1 Å². The van der Waals surface area contributed by atoms with Crippen molar-refractivity contribution in [3.8, 4) is 17.2 Å². The maximum Gasteiger partial charge on any atom is 0.258 e. The number of carbonyl (C=O) groups is 1. The molecule has 1 heterocycles. The molecule has 0 bridgehead atoms. The van der Waals surface area contributed by atoms with E-state index in [1.165, 1.54) is 5.56 Å². The van der Waals surface area contributed by atoms with E-state index in [9.17, 15) is 4.79 Å². The molecule has 0 saturated heterocycles. The van der Waals surface area contributed by atoms with Gasteiger partial charge in [-0.05, 0) is 63.7 Å². The molecule has 3 rings (SSSR count). The lowest BCUT2D eigenvalue weighted by Gasteiger charge is -2.21. The van der Waals surface area contributed by atoms with Crippen LogP contribution in [0.25, 0.3) is 0 Å². The van der Waals surface area contributed by atoms with Gasteiger partial charge < -0.3 is 19.5 Å². The lowest BCUT2D eigenvalue weighted by molar-refractivity contribution is -0.123. The predicted molar refractivity (Wildman–Crippen MR) is 112 cm³/mol. The van der Waals surface area contributed by atoms with Gasteiger partial charge in [0.2, 0.25) is 0 Å². The molecule has 5 nitrogen and oxygen atoms in total. The summed E-state index contributed by atoms with van der Waals surface area (Å²) in [6.45, 7) is 9.43. The molecule has 0 radical (unpaired) electrons. The Morgan fingerprint density at radius 3 is 2.54 bits per heavy atom. The lowest BCUT2D eigenvalue weighted by atomic mass is 9.87. The van der Waals surface area contributed by atoms with Crippen molar-refractivity contribution in [3.63, 3.8) is 0 Å². The topological polar surface area (TPSA) is 56.8 Å². The van der Waals surface area contributed by atoms with Crippen molar-refractivity contribution in [1.82, 2.24) is 5.32 Å². The zero-order valence-electron chi connectivity index (χ0n) is 16.7. The number of nitrogens with one attached hydrogen (secondary N) is 1. The molecule has 6 heteroatoms. The normalized spacial score (nSPS) is 14.3. The first kappa shape index (κ1) is 20.5. The van der Waals surface area contributed by atoms with E-state index in [-0.39, 0.29) is 24.0 Å². The summed E-state index contributed by atoms with van der Waals surface area (Å²) in [5.74, 6) is 1.91. The zero-order valence-corrected chi connectivity index (χ0v) is 18.3. The Kier molecular flexibility index (Phi) is 6.18. The average molecular weight is 448 g/mol. The highest BCUT2D eigenvalue weighted by atomic mass is 79.9. The highest BCUT2D eigenvalue weighted by Crippen LogP contribution is 2.33. The lowest BCUT2D eigenvalue weighted by Crippen LogP contribution is -2.31. The molecule has 0 aliphatic carbocycles. The van der Waals surface area contributed by atoms with Crippen molar-refractivity contribution in [2.24, 2.45) is 0 Å². The highest BCUT2D eigenvalue weighted by molar-refractivity contribution is 9.10. The first-order valence-electron chi connectivity index (χ1n) is 9.36. The van der Waals surface area contributed by atoms with E-state index in [2.05, 4.69) is 42.0 Å². The Morgan fingerprint density at radius 2 is 1.86 bits per heavy atom. The maximum atomic E-state index is 12.3. The van der Waals surface area contributed by atoms with Crippen LogP contribution < -0.4 is 19.5 Å². The van der Waals surface area contributed by atoms with Crippen molar-refractivity contribution in [2.75, 3.05) is 19.8 Å². The van der Waals surface area contributed by atoms with Crippen LogP contribution in [0.2, 0.25) is 0 Å². The third kappa shape index (κ3) is 4.98. The van der Waals surface area contributed by atoms with Crippen molar-refractivity contribution < 1.29 is 19.0 Å². The summed E-state index contributed by atoms with van der Waals surface area (Å²) in [7, 11) is 0. The first-order chi connectivity index (χ1) is 13.2. The Labute approximate surface area is 174 Å². The minimum Gasteiger partial charge on any atom is -0.486 e. The Balaban J connectivity index is 1.57. The first-order valence-corrected chi connectivity index (χ1v) is 10.1. The molecule has 2 aromatic rings. The average Bonchev–Trinajstić information content (AvgIpc) is 2.65. The van der Waals surface area contributed by atoms with Crippen LogP contribution in [0.5, 0.6) is 17.2 Å². The fourth-order valence-corrected chi connectivity index (χ4v) is 3.42. The quantitative estimate of drug-likeness (QED) is 0.716. The molecule has 28 heavy (non-hydrogen) atoms. The van der Waals surface area contributed by atoms with Gasteiger partial charge in [-0.15, -0.1) is 0 Å². The van der Waals surface area contributed by atoms with E-state index in [4.69, 9.17) is 14.2 Å². The van der Waals surface area contributed by atoms with E-state index in [1.54, 1.807) is 0 Å². The Hall–Kier alpha value is -2.21. The summed E-state index contributed by atoms with van der Waals surface area (Å²) < 4.78 is 17.7. The Morgan fingerprint density at radius 1 is 1.14 bits per heavy atom. The summed E-state index contributed by atoms with van der Waals surface area (Å²) in [4.78, 5) is 12.3. The predicted octanol–water partition coefficient (Wildman–Crippen LogP) is 4.77. The van der Waals surface area contributed by atoms with Crippen LogP contribution in [0.1, 0.15) is 44.9 Å². The molecule has 1 atom stereocenters. The number of halogens is 1. The van der Waals surface area contributed by atoms with E-state index >= 15 is 0 Å². The second-order valence-corrected chi connectivity index (χ2v) is 8.73. The molecular weight excluding hydrogens is 422 g/mol. The van der Waals surface area contributed by atoms with Gasteiger partial charge in [-0.3, -0.25) is 4.79 Å². The van der Waals surface area contributed by atoms with Gasteiger partial charge in [0, 0.05) is 0 Å². The summed E-state index contributed by atoms with van der Waals surface area (Å²) in [6.07, 6.45) is 0. The van der Waals surface area contributed by atoms with Crippen molar-refractivity contribution in [2.45, 2.75) is 39.2 Å². The largest absolute Gasteiger partial charge is 0.486 e. The third-order valence-electron chi connectivity index (χ3n) is 4.60. The number of hydrogen-bond donors (Lipinski definition) is 1.